The number of anilines is 1. The summed E-state index contributed by atoms with van der Waals surface area (Å²) in [5.74, 6) is -0.488. The van der Waals surface area contributed by atoms with Crippen molar-refractivity contribution >= 4 is 17.3 Å². The Morgan fingerprint density at radius 1 is 1.46 bits per heavy atom. The second-order valence-electron chi connectivity index (χ2n) is 6.44. The molecule has 2 unspecified atom stereocenters. The number of alkyl halides is 1. The number of hydrogen-bond donors (Lipinski definition) is 3. The van der Waals surface area contributed by atoms with E-state index in [1.807, 2.05) is 6.92 Å². The molecule has 0 aromatic heterocycles. The molecule has 5 nitrogen and oxygen atoms in total. The summed E-state index contributed by atoms with van der Waals surface area (Å²) in [4.78, 5) is 16.8. The van der Waals surface area contributed by atoms with Crippen LogP contribution in [0.2, 0.25) is 0 Å². The summed E-state index contributed by atoms with van der Waals surface area (Å²) < 4.78 is 26.1. The van der Waals surface area contributed by atoms with Crippen LogP contribution in [0.15, 0.2) is 35.1 Å². The molecule has 7 heteroatoms. The molecule has 0 radical (unpaired) electrons. The van der Waals surface area contributed by atoms with Crippen molar-refractivity contribution in [1.82, 2.24) is 5.32 Å². The Kier molecular flexibility index (Phi) is 7.26. The highest BCUT2D eigenvalue weighted by Crippen LogP contribution is 2.21. The van der Waals surface area contributed by atoms with E-state index >= 15 is 0 Å². The van der Waals surface area contributed by atoms with E-state index in [1.165, 1.54) is 0 Å². The van der Waals surface area contributed by atoms with Gasteiger partial charge in [-0.3, -0.25) is 9.79 Å². The molecule has 1 aliphatic rings. The van der Waals surface area contributed by atoms with E-state index in [1.54, 1.807) is 24.3 Å². The van der Waals surface area contributed by atoms with E-state index < -0.39 is 12.7 Å². The number of nitrogens with one attached hydrogen (secondary N) is 1. The fourth-order valence-corrected chi connectivity index (χ4v) is 2.97. The van der Waals surface area contributed by atoms with Gasteiger partial charge in [-0.15, -0.1) is 0 Å². The summed E-state index contributed by atoms with van der Waals surface area (Å²) in [6, 6.07) is 4.05. The second kappa shape index (κ2) is 9.43. The first kappa shape index (κ1) is 20.0. The standard InChI is InChI=1S/C19H26F2N4O/c1-2-24-18(10-14(22)11-20)16-7-6-12(8-17(16)23)19(26)25-15-5-3-4-13(21)9-15/h4,6-8,14-15H,2-3,5,9-11,22-23H2,1H3,(H,25,26). The lowest BCUT2D eigenvalue weighted by Crippen LogP contribution is -2.36. The molecule has 0 spiro atoms. The fourth-order valence-electron chi connectivity index (χ4n) is 2.97. The van der Waals surface area contributed by atoms with Crippen LogP contribution in [0.5, 0.6) is 0 Å². The van der Waals surface area contributed by atoms with Crippen molar-refractivity contribution in [3.8, 4) is 0 Å². The van der Waals surface area contributed by atoms with Crippen LogP contribution in [0.3, 0.4) is 0 Å². The van der Waals surface area contributed by atoms with Crippen molar-refractivity contribution in [2.45, 2.75) is 44.7 Å². The molecule has 142 valence electrons. The normalized spacial score (nSPS) is 19.0. The minimum Gasteiger partial charge on any atom is -0.398 e. The Balaban J connectivity index is 2.13. The molecule has 0 saturated heterocycles. The number of benzene rings is 1. The van der Waals surface area contributed by atoms with Crippen LogP contribution in [0.25, 0.3) is 0 Å². The van der Waals surface area contributed by atoms with Gasteiger partial charge in [-0.1, -0.05) is 12.1 Å². The Bertz CT molecular complexity index is 703. The Morgan fingerprint density at radius 3 is 2.85 bits per heavy atom. The van der Waals surface area contributed by atoms with Crippen molar-refractivity contribution in [1.29, 1.82) is 0 Å². The SMILES string of the molecule is CCN=C(CC(N)CF)c1ccc(C(=O)NC2CCC=C(F)C2)cc1N. The molecule has 2 atom stereocenters. The molecular weight excluding hydrogens is 338 g/mol. The number of nitrogens with two attached hydrogens (primary N) is 2. The number of carbonyl (C=O) groups excluding carboxylic acids is 1. The molecule has 0 bridgehead atoms. The lowest BCUT2D eigenvalue weighted by atomic mass is 9.98. The first-order chi connectivity index (χ1) is 12.4. The highest BCUT2D eigenvalue weighted by molar-refractivity contribution is 6.06. The Labute approximate surface area is 152 Å². The van der Waals surface area contributed by atoms with E-state index in [2.05, 4.69) is 10.3 Å². The van der Waals surface area contributed by atoms with Crippen LogP contribution < -0.4 is 16.8 Å². The average molecular weight is 364 g/mol. The molecular formula is C19H26F2N4O. The van der Waals surface area contributed by atoms with Crippen molar-refractivity contribution in [3.63, 3.8) is 0 Å². The summed E-state index contributed by atoms with van der Waals surface area (Å²) in [5.41, 5.74) is 13.8. The maximum absolute atomic E-state index is 13.3. The largest absolute Gasteiger partial charge is 0.398 e. The van der Waals surface area contributed by atoms with Gasteiger partial charge in [0.25, 0.3) is 5.91 Å². The number of hydrogen-bond acceptors (Lipinski definition) is 4. The van der Waals surface area contributed by atoms with Crippen molar-refractivity contribution in [2.75, 3.05) is 19.0 Å². The lowest BCUT2D eigenvalue weighted by Gasteiger charge is -2.21. The van der Waals surface area contributed by atoms with Crippen LogP contribution in [0.4, 0.5) is 14.5 Å². The van der Waals surface area contributed by atoms with Crippen LogP contribution in [-0.4, -0.2) is 36.9 Å². The zero-order valence-corrected chi connectivity index (χ0v) is 15.0. The van der Waals surface area contributed by atoms with E-state index in [0.29, 0.717) is 41.9 Å². The summed E-state index contributed by atoms with van der Waals surface area (Å²) in [5, 5.41) is 2.83. The second-order valence-corrected chi connectivity index (χ2v) is 6.44. The molecule has 1 aliphatic carbocycles. The quantitative estimate of drug-likeness (QED) is 0.513. The molecule has 1 amide bonds. The third-order valence-electron chi connectivity index (χ3n) is 4.28. The molecule has 1 aromatic rings. The first-order valence-electron chi connectivity index (χ1n) is 8.84. The maximum Gasteiger partial charge on any atom is 0.251 e. The number of nitrogens with zero attached hydrogens (tertiary/aromatic N) is 1. The van der Waals surface area contributed by atoms with Crippen LogP contribution in [0.1, 0.15) is 48.5 Å². The van der Waals surface area contributed by atoms with Gasteiger partial charge in [-0.2, -0.15) is 0 Å². The zero-order valence-electron chi connectivity index (χ0n) is 15.0. The number of rotatable bonds is 7. The highest BCUT2D eigenvalue weighted by atomic mass is 19.1. The predicted molar refractivity (Wildman–Crippen MR) is 101 cm³/mol. The third kappa shape index (κ3) is 5.36. The van der Waals surface area contributed by atoms with Gasteiger partial charge in [0.2, 0.25) is 0 Å². The van der Waals surface area contributed by atoms with Crippen molar-refractivity contribution < 1.29 is 13.6 Å². The smallest absolute Gasteiger partial charge is 0.251 e. The molecule has 5 N–H and O–H groups in total. The minimum atomic E-state index is -0.643. The number of nitrogen functional groups attached to an aromatic ring is 1. The average Bonchev–Trinajstić information content (AvgIpc) is 2.61. The van der Waals surface area contributed by atoms with Crippen LogP contribution in [0, 0.1) is 0 Å². The van der Waals surface area contributed by atoms with Gasteiger partial charge in [-0.05, 0) is 31.9 Å². The summed E-state index contributed by atoms with van der Waals surface area (Å²) in [6.45, 7) is 1.75. The monoisotopic (exact) mass is 364 g/mol. The first-order valence-corrected chi connectivity index (χ1v) is 8.84. The fraction of sp³-hybridized carbons (Fsp3) is 0.474. The number of aliphatic imine (C=N–C) groups is 1. The number of amides is 1. The van der Waals surface area contributed by atoms with Gasteiger partial charge in [0.05, 0.1) is 5.83 Å². The molecule has 0 saturated carbocycles. The van der Waals surface area contributed by atoms with E-state index in [-0.39, 0.29) is 30.6 Å². The van der Waals surface area contributed by atoms with Gasteiger partial charge >= 0.3 is 0 Å². The Morgan fingerprint density at radius 2 is 2.23 bits per heavy atom. The molecule has 0 fully saturated rings. The van der Waals surface area contributed by atoms with Gasteiger partial charge in [0.1, 0.15) is 6.67 Å². The topological polar surface area (TPSA) is 93.5 Å². The maximum atomic E-state index is 13.3. The predicted octanol–water partition coefficient (Wildman–Crippen LogP) is 2.90. The molecule has 1 aromatic carbocycles. The van der Waals surface area contributed by atoms with Gasteiger partial charge < -0.3 is 16.8 Å². The molecule has 0 aliphatic heterocycles. The lowest BCUT2D eigenvalue weighted by molar-refractivity contribution is 0.0933. The molecule has 0 heterocycles. The minimum absolute atomic E-state index is 0.193. The van der Waals surface area contributed by atoms with Gasteiger partial charge in [0.15, 0.2) is 0 Å². The highest BCUT2D eigenvalue weighted by Gasteiger charge is 2.19. The van der Waals surface area contributed by atoms with E-state index in [9.17, 15) is 13.6 Å². The third-order valence-corrected chi connectivity index (χ3v) is 4.28. The summed E-state index contributed by atoms with van der Waals surface area (Å²) in [6.07, 6.45) is 3.36. The summed E-state index contributed by atoms with van der Waals surface area (Å²) >= 11 is 0. The van der Waals surface area contributed by atoms with E-state index in [4.69, 9.17) is 11.5 Å². The van der Waals surface area contributed by atoms with Gasteiger partial charge in [-0.25, -0.2) is 8.78 Å². The molecule has 2 rings (SSSR count). The van der Waals surface area contributed by atoms with Crippen molar-refractivity contribution in [2.24, 2.45) is 10.7 Å². The van der Waals surface area contributed by atoms with Crippen LogP contribution in [-0.2, 0) is 0 Å². The zero-order chi connectivity index (χ0) is 19.1. The number of allylic oxidation sites excluding steroid dienone is 1. The van der Waals surface area contributed by atoms with Gasteiger partial charge in [0, 0.05) is 54.0 Å². The van der Waals surface area contributed by atoms with Crippen molar-refractivity contribution in [3.05, 3.63) is 41.2 Å². The van der Waals surface area contributed by atoms with Crippen LogP contribution >= 0.6 is 0 Å². The number of carbonyl (C=O) groups is 1. The Hall–Kier alpha value is -2.28. The summed E-state index contributed by atoms with van der Waals surface area (Å²) in [7, 11) is 0. The molecule has 26 heavy (non-hydrogen) atoms. The van der Waals surface area contributed by atoms with E-state index in [0.717, 1.165) is 0 Å². The number of halogens is 2.